The number of carbonyl (C=O) groups is 3. The van der Waals surface area contributed by atoms with Gasteiger partial charge in [0.25, 0.3) is 0 Å². The second kappa shape index (κ2) is 18.2. The van der Waals surface area contributed by atoms with Gasteiger partial charge in [0.15, 0.2) is 11.6 Å². The maximum atomic E-state index is 14.5. The van der Waals surface area contributed by atoms with Crippen LogP contribution in [0, 0.1) is 11.6 Å². The Hall–Kier alpha value is -5.15. The van der Waals surface area contributed by atoms with Gasteiger partial charge in [-0.1, -0.05) is 97.1 Å². The molecule has 4 aromatic rings. The highest BCUT2D eigenvalue weighted by molar-refractivity contribution is 5.95. The first-order chi connectivity index (χ1) is 24.4. The zero-order valence-electron chi connectivity index (χ0n) is 30.0. The summed E-state index contributed by atoms with van der Waals surface area (Å²) in [6.45, 7) is 4.34. The van der Waals surface area contributed by atoms with Crippen molar-refractivity contribution in [3.8, 4) is 11.1 Å². The molecule has 4 aromatic carbocycles. The lowest BCUT2D eigenvalue weighted by Crippen LogP contribution is -2.56. The van der Waals surface area contributed by atoms with Crippen molar-refractivity contribution in [3.05, 3.63) is 144 Å². The van der Waals surface area contributed by atoms with E-state index in [9.17, 15) is 23.2 Å². The Balaban J connectivity index is 1.62. The third-order valence-corrected chi connectivity index (χ3v) is 9.24. The predicted molar refractivity (Wildman–Crippen MR) is 199 cm³/mol. The van der Waals surface area contributed by atoms with E-state index in [1.165, 1.54) is 29.0 Å². The van der Waals surface area contributed by atoms with E-state index in [2.05, 4.69) is 10.6 Å². The second-order valence-corrected chi connectivity index (χ2v) is 13.4. The number of nitrogens with zero attached hydrogens (tertiary/aromatic N) is 2. The number of nitrogens with one attached hydrogen (secondary N) is 2. The highest BCUT2D eigenvalue weighted by Crippen LogP contribution is 2.22. The smallest absolute Gasteiger partial charge is 0.246 e. The summed E-state index contributed by atoms with van der Waals surface area (Å²) in [5.41, 5.74) is 4.04. The first-order valence-electron chi connectivity index (χ1n) is 17.2. The molecule has 0 bridgehead atoms. The summed E-state index contributed by atoms with van der Waals surface area (Å²) < 4.78 is 28.1. The van der Waals surface area contributed by atoms with E-state index in [1.54, 1.807) is 13.1 Å². The van der Waals surface area contributed by atoms with Gasteiger partial charge in [-0.3, -0.25) is 14.4 Å². The maximum absolute atomic E-state index is 14.5. The van der Waals surface area contributed by atoms with Crippen molar-refractivity contribution in [1.82, 2.24) is 20.4 Å². The first-order valence-corrected chi connectivity index (χ1v) is 17.2. The molecule has 0 fully saturated rings. The molecule has 0 spiro atoms. The van der Waals surface area contributed by atoms with Crippen LogP contribution >= 0.6 is 0 Å². The lowest BCUT2D eigenvalue weighted by Gasteiger charge is -2.34. The van der Waals surface area contributed by atoms with E-state index < -0.39 is 35.5 Å². The van der Waals surface area contributed by atoms with Gasteiger partial charge < -0.3 is 20.4 Å². The molecule has 2 N–H and O–H groups in total. The number of hydrogen-bond donors (Lipinski definition) is 2. The molecule has 268 valence electrons. The number of amides is 3. The molecule has 0 saturated heterocycles. The lowest BCUT2D eigenvalue weighted by molar-refractivity contribution is -0.146. The van der Waals surface area contributed by atoms with E-state index in [4.69, 9.17) is 0 Å². The third kappa shape index (κ3) is 11.2. The minimum Gasteiger partial charge on any atom is -0.354 e. The van der Waals surface area contributed by atoms with Crippen LogP contribution in [0.2, 0.25) is 0 Å². The topological polar surface area (TPSA) is 81.8 Å². The van der Waals surface area contributed by atoms with Crippen LogP contribution < -0.4 is 10.6 Å². The van der Waals surface area contributed by atoms with Gasteiger partial charge in [-0.15, -0.1) is 0 Å². The molecule has 0 aliphatic carbocycles. The molecule has 3 amide bonds. The van der Waals surface area contributed by atoms with Crippen LogP contribution in [0.1, 0.15) is 37.0 Å². The monoisotopic (exact) mass is 694 g/mol. The van der Waals surface area contributed by atoms with Gasteiger partial charge in [0.1, 0.15) is 12.1 Å². The minimum atomic E-state index is -1.07. The van der Waals surface area contributed by atoms with Crippen molar-refractivity contribution in [3.63, 3.8) is 0 Å². The fourth-order valence-electron chi connectivity index (χ4n) is 5.68. The van der Waals surface area contributed by atoms with Crippen molar-refractivity contribution in [2.24, 2.45) is 0 Å². The molecule has 0 saturated carbocycles. The molecule has 2 atom stereocenters. The highest BCUT2D eigenvalue weighted by Gasteiger charge is 2.35. The predicted octanol–water partition coefficient (Wildman–Crippen LogP) is 6.37. The molecule has 0 heterocycles. The Morgan fingerprint density at radius 2 is 1.31 bits per heavy atom. The Kier molecular flexibility index (Phi) is 13.8. The van der Waals surface area contributed by atoms with Gasteiger partial charge in [-0.2, -0.15) is 0 Å². The van der Waals surface area contributed by atoms with Crippen molar-refractivity contribution in [1.29, 1.82) is 0 Å². The number of benzene rings is 4. The second-order valence-electron chi connectivity index (χ2n) is 13.4. The lowest BCUT2D eigenvalue weighted by atomic mass is 9.98. The number of carbonyl (C=O) groups excluding carboxylic acids is 3. The van der Waals surface area contributed by atoms with Gasteiger partial charge in [0.2, 0.25) is 17.7 Å². The fraction of sp³-hybridized carbons (Fsp3) is 0.310. The van der Waals surface area contributed by atoms with Crippen LogP contribution in [-0.4, -0.2) is 72.8 Å². The molecule has 0 radical (unpaired) electrons. The normalized spacial score (nSPS) is 12.7. The first kappa shape index (κ1) is 38.6. The zero-order chi connectivity index (χ0) is 37.0. The number of hydrogen-bond acceptors (Lipinski definition) is 4. The van der Waals surface area contributed by atoms with E-state index in [0.29, 0.717) is 24.9 Å². The van der Waals surface area contributed by atoms with E-state index in [0.717, 1.165) is 34.4 Å². The van der Waals surface area contributed by atoms with Crippen LogP contribution in [0.5, 0.6) is 0 Å². The van der Waals surface area contributed by atoms with E-state index >= 15 is 0 Å². The van der Waals surface area contributed by atoms with Crippen LogP contribution in [-0.2, 0) is 33.6 Å². The van der Waals surface area contributed by atoms with Gasteiger partial charge in [0.05, 0.1) is 0 Å². The largest absolute Gasteiger partial charge is 0.354 e. The molecule has 2 unspecified atom stereocenters. The molecular weight excluding hydrogens is 646 g/mol. The number of likely N-dealkylation sites (N-methyl/N-ethyl adjacent to an activating group) is 2. The van der Waals surface area contributed by atoms with Crippen molar-refractivity contribution in [2.75, 3.05) is 27.7 Å². The minimum absolute atomic E-state index is 0.0637. The van der Waals surface area contributed by atoms with Crippen molar-refractivity contribution in [2.45, 2.75) is 57.2 Å². The molecule has 0 aliphatic rings. The van der Waals surface area contributed by atoms with Crippen LogP contribution in [0.4, 0.5) is 8.78 Å². The Morgan fingerprint density at radius 3 is 1.94 bits per heavy atom. The van der Waals surface area contributed by atoms with Gasteiger partial charge in [-0.25, -0.2) is 8.78 Å². The molecule has 7 nitrogen and oxygen atoms in total. The van der Waals surface area contributed by atoms with Crippen molar-refractivity contribution < 1.29 is 23.2 Å². The summed E-state index contributed by atoms with van der Waals surface area (Å²) in [4.78, 5) is 44.5. The Labute approximate surface area is 300 Å². The molecule has 0 aliphatic heterocycles. The molecule has 9 heteroatoms. The fourth-order valence-corrected chi connectivity index (χ4v) is 5.68. The Morgan fingerprint density at radius 1 is 0.725 bits per heavy atom. The van der Waals surface area contributed by atoms with Crippen LogP contribution in [0.25, 0.3) is 11.1 Å². The van der Waals surface area contributed by atoms with Gasteiger partial charge in [0, 0.05) is 39.0 Å². The summed E-state index contributed by atoms with van der Waals surface area (Å²) in [5.74, 6) is -3.32. The molecular formula is C42H48F2N4O3. The van der Waals surface area contributed by atoms with Crippen LogP contribution in [0.3, 0.4) is 0 Å². The molecule has 4 rings (SSSR count). The SMILES string of the molecule is CNC(C)(C)C/C=C/C(=O)N(C)C(Cc1ccc(-c2ccccc2)cc1)C(=O)N(C)C(Cc1ccc(F)c(F)c1)C(=O)NCCc1ccccc1. The number of halogens is 2. The van der Waals surface area contributed by atoms with E-state index in [1.807, 2.05) is 106 Å². The summed E-state index contributed by atoms with van der Waals surface area (Å²) in [6, 6.07) is 28.8. The van der Waals surface area contributed by atoms with E-state index in [-0.39, 0.29) is 24.3 Å². The highest BCUT2D eigenvalue weighted by atomic mass is 19.2. The zero-order valence-corrected chi connectivity index (χ0v) is 30.0. The third-order valence-electron chi connectivity index (χ3n) is 9.24. The Bertz CT molecular complexity index is 1780. The standard InChI is InChI=1S/C42H48F2N4O3/c1-42(2,45-3)25-12-17-39(49)47(4)38(28-31-18-21-34(22-19-31)33-15-10-7-11-16-33)41(51)48(5)37(29-32-20-23-35(43)36(44)27-32)40(50)46-26-24-30-13-8-6-9-14-30/h6-23,27,37-38,45H,24-26,28-29H2,1-5H3,(H,46,50)/b17-12+. The van der Waals surface area contributed by atoms with Gasteiger partial charge >= 0.3 is 0 Å². The summed E-state index contributed by atoms with van der Waals surface area (Å²) in [6.07, 6.45) is 4.52. The maximum Gasteiger partial charge on any atom is 0.246 e. The van der Waals surface area contributed by atoms with Crippen LogP contribution in [0.15, 0.2) is 115 Å². The van der Waals surface area contributed by atoms with Crippen molar-refractivity contribution >= 4 is 17.7 Å². The summed E-state index contributed by atoms with van der Waals surface area (Å²) in [7, 11) is 4.94. The molecule has 51 heavy (non-hydrogen) atoms. The number of rotatable bonds is 16. The summed E-state index contributed by atoms with van der Waals surface area (Å²) in [5, 5.41) is 6.13. The summed E-state index contributed by atoms with van der Waals surface area (Å²) >= 11 is 0. The van der Waals surface area contributed by atoms with Gasteiger partial charge in [-0.05, 0) is 79.8 Å². The average molecular weight is 695 g/mol. The molecule has 0 aromatic heterocycles. The quantitative estimate of drug-likeness (QED) is 0.134. The average Bonchev–Trinajstić information content (AvgIpc) is 3.14.